The minimum absolute atomic E-state index is 0.379. The standard InChI is InChI=1S/C40H36BO3P/c1-39(2)40(3,4)44-41(43-39)31-24-22-29(23-25-31)35-26-27-36(38-21-12-11-20-37(35)38)30-14-13-19-34(28-30)45(42,32-15-7-5-8-16-32)33-17-9-6-10-18-33/h5-28H,1-4H3. The highest BCUT2D eigenvalue weighted by Crippen LogP contribution is 2.44. The zero-order valence-corrected chi connectivity index (χ0v) is 27.0. The molecule has 0 amide bonds. The van der Waals surface area contributed by atoms with Gasteiger partial charge in [0, 0.05) is 15.9 Å². The van der Waals surface area contributed by atoms with Crippen LogP contribution in [0, 0.1) is 0 Å². The van der Waals surface area contributed by atoms with Gasteiger partial charge in [0.05, 0.1) is 11.2 Å². The Kier molecular flexibility index (Phi) is 7.41. The van der Waals surface area contributed by atoms with E-state index in [4.69, 9.17) is 9.31 Å². The summed E-state index contributed by atoms with van der Waals surface area (Å²) in [4.78, 5) is 0. The fraction of sp³-hybridized carbons (Fsp3) is 0.150. The van der Waals surface area contributed by atoms with Crippen LogP contribution in [0.4, 0.5) is 0 Å². The van der Waals surface area contributed by atoms with Crippen LogP contribution in [0.5, 0.6) is 0 Å². The van der Waals surface area contributed by atoms with Crippen molar-refractivity contribution < 1.29 is 13.9 Å². The molecule has 0 bridgehead atoms. The molecule has 222 valence electrons. The first-order valence-electron chi connectivity index (χ1n) is 15.5. The fourth-order valence-electron chi connectivity index (χ4n) is 6.19. The third-order valence-electron chi connectivity index (χ3n) is 9.43. The minimum atomic E-state index is -3.09. The number of hydrogen-bond acceptors (Lipinski definition) is 3. The molecule has 6 aromatic rings. The number of benzene rings is 6. The van der Waals surface area contributed by atoms with E-state index in [9.17, 15) is 0 Å². The molecule has 1 fully saturated rings. The summed E-state index contributed by atoms with van der Waals surface area (Å²) in [5.74, 6) is 0. The van der Waals surface area contributed by atoms with Gasteiger partial charge in [0.25, 0.3) is 0 Å². The van der Waals surface area contributed by atoms with Crippen molar-refractivity contribution >= 4 is 46.4 Å². The largest absolute Gasteiger partial charge is 0.494 e. The lowest BCUT2D eigenvalue weighted by Gasteiger charge is -2.32. The van der Waals surface area contributed by atoms with Gasteiger partial charge in [-0.05, 0) is 72.3 Å². The second kappa shape index (κ2) is 11.3. The van der Waals surface area contributed by atoms with Gasteiger partial charge < -0.3 is 13.9 Å². The topological polar surface area (TPSA) is 35.5 Å². The quantitative estimate of drug-likeness (QED) is 0.142. The van der Waals surface area contributed by atoms with E-state index in [-0.39, 0.29) is 11.2 Å². The Morgan fingerprint density at radius 1 is 0.489 bits per heavy atom. The van der Waals surface area contributed by atoms with Crippen LogP contribution in [0.15, 0.2) is 146 Å². The molecule has 0 aromatic heterocycles. The van der Waals surface area contributed by atoms with E-state index in [1.165, 1.54) is 0 Å². The molecule has 0 atom stereocenters. The third-order valence-corrected chi connectivity index (χ3v) is 12.5. The molecule has 1 saturated heterocycles. The van der Waals surface area contributed by atoms with Crippen LogP contribution in [-0.2, 0) is 13.9 Å². The molecule has 45 heavy (non-hydrogen) atoms. The minimum Gasteiger partial charge on any atom is -0.399 e. The van der Waals surface area contributed by atoms with E-state index in [0.717, 1.165) is 54.4 Å². The van der Waals surface area contributed by atoms with Gasteiger partial charge in [0.1, 0.15) is 0 Å². The molecule has 7 rings (SSSR count). The van der Waals surface area contributed by atoms with Gasteiger partial charge in [-0.15, -0.1) is 0 Å². The van der Waals surface area contributed by atoms with Crippen LogP contribution >= 0.6 is 7.14 Å². The fourth-order valence-corrected chi connectivity index (χ4v) is 8.89. The summed E-state index contributed by atoms with van der Waals surface area (Å²) in [6.07, 6.45) is 0. The third kappa shape index (κ3) is 5.18. The summed E-state index contributed by atoms with van der Waals surface area (Å²) in [7, 11) is -3.48. The zero-order chi connectivity index (χ0) is 31.2. The zero-order valence-electron chi connectivity index (χ0n) is 26.1. The number of hydrogen-bond donors (Lipinski definition) is 0. The highest BCUT2D eigenvalue weighted by Gasteiger charge is 2.51. The van der Waals surface area contributed by atoms with Crippen molar-refractivity contribution in [3.05, 3.63) is 146 Å². The Morgan fingerprint density at radius 2 is 0.956 bits per heavy atom. The molecule has 5 heteroatoms. The van der Waals surface area contributed by atoms with Crippen molar-refractivity contribution in [1.82, 2.24) is 0 Å². The Balaban J connectivity index is 1.29. The normalized spacial score (nSPS) is 15.8. The van der Waals surface area contributed by atoms with Crippen LogP contribution < -0.4 is 21.4 Å². The maximum atomic E-state index is 15.1. The van der Waals surface area contributed by atoms with Crippen molar-refractivity contribution in [2.24, 2.45) is 0 Å². The molecule has 0 saturated carbocycles. The average Bonchev–Trinajstić information content (AvgIpc) is 3.30. The van der Waals surface area contributed by atoms with E-state index in [2.05, 4.69) is 100 Å². The highest BCUT2D eigenvalue weighted by atomic mass is 31.2. The van der Waals surface area contributed by atoms with Crippen molar-refractivity contribution in [3.63, 3.8) is 0 Å². The first-order valence-corrected chi connectivity index (χ1v) is 17.2. The van der Waals surface area contributed by atoms with E-state index in [1.54, 1.807) is 0 Å². The van der Waals surface area contributed by atoms with E-state index in [0.29, 0.717) is 0 Å². The lowest BCUT2D eigenvalue weighted by atomic mass is 9.78. The average molecular weight is 607 g/mol. The van der Waals surface area contributed by atoms with Gasteiger partial charge in [-0.1, -0.05) is 140 Å². The SMILES string of the molecule is CC1(C)OB(c2ccc(-c3ccc(-c4cccc(P(=O)(c5ccccc5)c5ccccc5)c4)c4ccccc34)cc2)OC1(C)C. The summed E-state index contributed by atoms with van der Waals surface area (Å²) in [5, 5.41) is 4.80. The highest BCUT2D eigenvalue weighted by molar-refractivity contribution is 7.85. The summed E-state index contributed by atoms with van der Waals surface area (Å²) < 4.78 is 27.6. The maximum Gasteiger partial charge on any atom is 0.494 e. The first kappa shape index (κ1) is 29.5. The smallest absolute Gasteiger partial charge is 0.399 e. The van der Waals surface area contributed by atoms with Gasteiger partial charge in [-0.3, -0.25) is 0 Å². The van der Waals surface area contributed by atoms with Crippen LogP contribution in [0.2, 0.25) is 0 Å². The number of fused-ring (bicyclic) bond motifs is 1. The molecule has 0 unspecified atom stereocenters. The molecule has 3 nitrogen and oxygen atoms in total. The number of rotatable bonds is 6. The summed E-state index contributed by atoms with van der Waals surface area (Å²) in [6.45, 7) is 8.31. The van der Waals surface area contributed by atoms with Crippen molar-refractivity contribution in [2.45, 2.75) is 38.9 Å². The lowest BCUT2D eigenvalue weighted by molar-refractivity contribution is 0.00578. The van der Waals surface area contributed by atoms with E-state index in [1.807, 2.05) is 72.8 Å². The molecule has 0 N–H and O–H groups in total. The van der Waals surface area contributed by atoms with Gasteiger partial charge in [-0.2, -0.15) is 0 Å². The first-order chi connectivity index (χ1) is 21.7. The predicted octanol–water partition coefficient (Wildman–Crippen LogP) is 8.11. The van der Waals surface area contributed by atoms with Gasteiger partial charge >= 0.3 is 7.12 Å². The van der Waals surface area contributed by atoms with E-state index >= 15 is 4.57 Å². The Hall–Kier alpha value is -4.21. The molecule has 1 aliphatic heterocycles. The van der Waals surface area contributed by atoms with Crippen LogP contribution in [0.25, 0.3) is 33.0 Å². The molecule has 1 heterocycles. The Morgan fingerprint density at radius 3 is 1.49 bits per heavy atom. The van der Waals surface area contributed by atoms with Crippen molar-refractivity contribution in [2.75, 3.05) is 0 Å². The van der Waals surface area contributed by atoms with Gasteiger partial charge in [0.15, 0.2) is 7.14 Å². The Bertz CT molecular complexity index is 1980. The molecular formula is C40H36BO3P. The van der Waals surface area contributed by atoms with Crippen LogP contribution in [0.3, 0.4) is 0 Å². The second-order valence-corrected chi connectivity index (χ2v) is 15.5. The molecule has 0 radical (unpaired) electrons. The molecular weight excluding hydrogens is 570 g/mol. The summed E-state index contributed by atoms with van der Waals surface area (Å²) >= 11 is 0. The van der Waals surface area contributed by atoms with Gasteiger partial charge in [0.2, 0.25) is 0 Å². The predicted molar refractivity (Wildman–Crippen MR) is 190 cm³/mol. The second-order valence-electron chi connectivity index (χ2n) is 12.7. The van der Waals surface area contributed by atoms with Crippen LogP contribution in [0.1, 0.15) is 27.7 Å². The monoisotopic (exact) mass is 606 g/mol. The van der Waals surface area contributed by atoms with Crippen LogP contribution in [-0.4, -0.2) is 18.3 Å². The maximum absolute atomic E-state index is 15.1. The lowest BCUT2D eigenvalue weighted by Crippen LogP contribution is -2.41. The summed E-state index contributed by atoms with van der Waals surface area (Å²) in [5.41, 5.74) is 4.69. The summed E-state index contributed by atoms with van der Waals surface area (Å²) in [6, 6.07) is 49.4. The molecule has 6 aromatic carbocycles. The molecule has 1 aliphatic rings. The van der Waals surface area contributed by atoms with Crippen molar-refractivity contribution in [3.8, 4) is 22.3 Å². The Labute approximate surface area is 266 Å². The van der Waals surface area contributed by atoms with Crippen molar-refractivity contribution in [1.29, 1.82) is 0 Å². The molecule has 0 aliphatic carbocycles. The van der Waals surface area contributed by atoms with E-state index < -0.39 is 14.3 Å². The molecule has 0 spiro atoms. The van der Waals surface area contributed by atoms with Gasteiger partial charge in [-0.25, -0.2) is 0 Å².